The summed E-state index contributed by atoms with van der Waals surface area (Å²) in [6.07, 6.45) is 0. The van der Waals surface area contributed by atoms with E-state index >= 15 is 0 Å². The maximum absolute atomic E-state index is 13.9. The van der Waals surface area contributed by atoms with Crippen LogP contribution < -0.4 is 14.5 Å². The molecular weight excluding hydrogens is 570 g/mol. The number of H-pyrrole nitrogens is 1. The third-order valence-corrected chi connectivity index (χ3v) is 9.37. The maximum Gasteiger partial charge on any atom is 0.305 e. The highest BCUT2D eigenvalue weighted by atomic mass is 35.5. The number of imide groups is 1. The quantitative estimate of drug-likeness (QED) is 0.279. The highest BCUT2D eigenvalue weighted by molar-refractivity contribution is 8.00. The first kappa shape index (κ1) is 25.2. The molecule has 3 aromatic carbocycles. The van der Waals surface area contributed by atoms with Crippen molar-refractivity contribution in [1.29, 1.82) is 0 Å². The van der Waals surface area contributed by atoms with Gasteiger partial charge in [-0.3, -0.25) is 14.4 Å². The number of hydrogen-bond donors (Lipinski definition) is 1. The monoisotopic (exact) mass is 586 g/mol. The van der Waals surface area contributed by atoms with Gasteiger partial charge < -0.3 is 9.72 Å². The number of ether oxygens (including phenoxy) is 1. The number of aromatic amines is 1. The Kier molecular flexibility index (Phi) is 6.55. The molecule has 0 saturated carbocycles. The lowest BCUT2D eigenvalue weighted by Gasteiger charge is -2.31. The zero-order valence-electron chi connectivity index (χ0n) is 19.3. The van der Waals surface area contributed by atoms with Gasteiger partial charge in [0.2, 0.25) is 11.8 Å². The molecule has 1 N–H and O–H groups in total. The van der Waals surface area contributed by atoms with Gasteiger partial charge in [-0.25, -0.2) is 9.29 Å². The van der Waals surface area contributed by atoms with Crippen LogP contribution in [0.1, 0.15) is 21.9 Å². The molecule has 2 unspecified atom stereocenters. The van der Waals surface area contributed by atoms with E-state index in [1.54, 1.807) is 30.3 Å². The van der Waals surface area contributed by atoms with Crippen LogP contribution in [0, 0.1) is 11.7 Å². The molecule has 192 valence electrons. The number of thiazole rings is 1. The number of rotatable bonds is 5. The highest BCUT2D eigenvalue weighted by Gasteiger charge is 2.56. The van der Waals surface area contributed by atoms with Crippen LogP contribution in [0.25, 0.3) is 0 Å². The molecule has 1 saturated heterocycles. The number of aromatic nitrogens is 1. The molecule has 6 nitrogen and oxygen atoms in total. The van der Waals surface area contributed by atoms with Crippen molar-refractivity contribution in [2.45, 2.75) is 22.8 Å². The predicted molar refractivity (Wildman–Crippen MR) is 146 cm³/mol. The molecule has 1 aromatic heterocycles. The largest absolute Gasteiger partial charge is 0.489 e. The molecule has 0 bridgehead atoms. The molecule has 6 rings (SSSR count). The Morgan fingerprint density at radius 3 is 2.47 bits per heavy atom. The van der Waals surface area contributed by atoms with Crippen molar-refractivity contribution in [1.82, 2.24) is 4.98 Å². The van der Waals surface area contributed by atoms with Crippen molar-refractivity contribution < 1.29 is 18.7 Å². The van der Waals surface area contributed by atoms with Crippen LogP contribution >= 0.6 is 46.3 Å². The second-order valence-electron chi connectivity index (χ2n) is 8.84. The molecule has 0 spiro atoms. The molecule has 0 radical (unpaired) electrons. The van der Waals surface area contributed by atoms with Gasteiger partial charge in [0.05, 0.1) is 16.6 Å². The van der Waals surface area contributed by atoms with E-state index in [4.69, 9.17) is 27.9 Å². The molecule has 0 aliphatic carbocycles. The van der Waals surface area contributed by atoms with Gasteiger partial charge in [-0.1, -0.05) is 58.4 Å². The molecule has 2 amide bonds. The first-order valence-corrected chi connectivity index (χ1v) is 13.9. The number of nitrogens with zero attached hydrogens (tertiary/aromatic N) is 1. The van der Waals surface area contributed by atoms with Crippen LogP contribution in [-0.2, 0) is 16.2 Å². The van der Waals surface area contributed by atoms with E-state index in [0.29, 0.717) is 31.3 Å². The minimum atomic E-state index is -0.830. The standard InChI is InChI=1S/C27H17Cl2FN2O4S2/c28-14-3-1-2-13(10-14)12-36-19-9-4-15(29)11-18(19)20-21-23(37-24-22(20)38-27(35)31-24)26(34)32(25(21)33)17-7-5-16(30)6-8-17/h1-11,20-21,23H,12H2,(H,31,35)/t20-,21?,23?/m1/s1. The van der Waals surface area contributed by atoms with Gasteiger partial charge in [0.15, 0.2) is 0 Å². The molecule has 3 atom stereocenters. The smallest absolute Gasteiger partial charge is 0.305 e. The average Bonchev–Trinajstić information content (AvgIpc) is 3.38. The number of carbonyl (C=O) groups is 2. The summed E-state index contributed by atoms with van der Waals surface area (Å²) in [5, 5.41) is 0.734. The molecule has 1 fully saturated rings. The Morgan fingerprint density at radius 2 is 1.71 bits per heavy atom. The average molecular weight is 587 g/mol. The zero-order valence-corrected chi connectivity index (χ0v) is 22.5. The Bertz CT molecular complexity index is 1640. The van der Waals surface area contributed by atoms with Gasteiger partial charge >= 0.3 is 4.87 Å². The van der Waals surface area contributed by atoms with Gasteiger partial charge in [0.25, 0.3) is 0 Å². The number of fused-ring (bicyclic) bond motifs is 2. The van der Waals surface area contributed by atoms with E-state index in [2.05, 4.69) is 4.98 Å². The van der Waals surface area contributed by atoms with Gasteiger partial charge in [-0.15, -0.1) is 0 Å². The summed E-state index contributed by atoms with van der Waals surface area (Å²) in [5.41, 5.74) is 1.72. The van der Waals surface area contributed by atoms with Crippen molar-refractivity contribution in [2.24, 2.45) is 5.92 Å². The summed E-state index contributed by atoms with van der Waals surface area (Å²) < 4.78 is 19.7. The molecule has 11 heteroatoms. The lowest BCUT2D eigenvalue weighted by atomic mass is 9.82. The van der Waals surface area contributed by atoms with Crippen LogP contribution in [0.3, 0.4) is 0 Å². The highest BCUT2D eigenvalue weighted by Crippen LogP contribution is 2.54. The van der Waals surface area contributed by atoms with E-state index in [1.807, 2.05) is 12.1 Å². The summed E-state index contributed by atoms with van der Waals surface area (Å²) in [4.78, 5) is 44.1. The number of hydrogen-bond acceptors (Lipinski definition) is 6. The fraction of sp³-hybridized carbons (Fsp3) is 0.148. The zero-order chi connectivity index (χ0) is 26.6. The molecule has 2 aliphatic rings. The van der Waals surface area contributed by atoms with Crippen LogP contribution in [0.4, 0.5) is 10.1 Å². The molecule has 4 aromatic rings. The summed E-state index contributed by atoms with van der Waals surface area (Å²) in [5.74, 6) is -2.37. The number of thioether (sulfide) groups is 1. The fourth-order valence-electron chi connectivity index (χ4n) is 4.88. The minimum Gasteiger partial charge on any atom is -0.489 e. The first-order valence-electron chi connectivity index (χ1n) is 11.5. The minimum absolute atomic E-state index is 0.204. The predicted octanol–water partition coefficient (Wildman–Crippen LogP) is 6.26. The molecule has 2 aliphatic heterocycles. The molecular formula is C27H17Cl2FN2O4S2. The fourth-order valence-corrected chi connectivity index (χ4v) is 7.78. The summed E-state index contributed by atoms with van der Waals surface area (Å²) in [7, 11) is 0. The number of carbonyl (C=O) groups excluding carboxylic acids is 2. The van der Waals surface area contributed by atoms with Crippen LogP contribution in [0.2, 0.25) is 10.0 Å². The Labute approximate surface area is 234 Å². The van der Waals surface area contributed by atoms with E-state index in [0.717, 1.165) is 33.6 Å². The van der Waals surface area contributed by atoms with Crippen molar-refractivity contribution >= 4 is 63.8 Å². The summed E-state index contributed by atoms with van der Waals surface area (Å²) >= 11 is 14.7. The summed E-state index contributed by atoms with van der Waals surface area (Å²) in [6.45, 7) is 0.204. The molecule has 38 heavy (non-hydrogen) atoms. The number of nitrogens with one attached hydrogen (secondary N) is 1. The third kappa shape index (κ3) is 4.43. The number of anilines is 1. The topological polar surface area (TPSA) is 79.5 Å². The van der Waals surface area contributed by atoms with Crippen molar-refractivity contribution in [3.8, 4) is 5.75 Å². The van der Waals surface area contributed by atoms with Crippen LogP contribution in [0.5, 0.6) is 5.75 Å². The summed E-state index contributed by atoms with van der Waals surface area (Å²) in [6, 6.07) is 17.6. The normalized spacial score (nSPS) is 20.4. The van der Waals surface area contributed by atoms with Gasteiger partial charge in [-0.2, -0.15) is 0 Å². The van der Waals surface area contributed by atoms with Crippen molar-refractivity contribution in [2.75, 3.05) is 4.90 Å². The van der Waals surface area contributed by atoms with Crippen LogP contribution in [0.15, 0.2) is 76.6 Å². The maximum atomic E-state index is 13.9. The Balaban J connectivity index is 1.45. The molecule has 3 heterocycles. The Hall–Kier alpha value is -3.11. The number of amides is 2. The van der Waals surface area contributed by atoms with E-state index in [9.17, 15) is 18.8 Å². The van der Waals surface area contributed by atoms with Gasteiger partial charge in [-0.05, 0) is 60.2 Å². The number of halogens is 3. The van der Waals surface area contributed by atoms with E-state index < -0.39 is 34.7 Å². The van der Waals surface area contributed by atoms with E-state index in [1.165, 1.54) is 24.3 Å². The Morgan fingerprint density at radius 1 is 0.947 bits per heavy atom. The van der Waals surface area contributed by atoms with Crippen molar-refractivity contribution in [3.05, 3.63) is 108 Å². The SMILES string of the molecule is O=C1C2Sc3[nH]c(=O)sc3[C@H](c3cc(Cl)ccc3OCc3cccc(Cl)c3)C2C(=O)N1c1ccc(F)cc1. The van der Waals surface area contributed by atoms with Gasteiger partial charge in [0, 0.05) is 26.4 Å². The first-order chi connectivity index (χ1) is 18.3. The lowest BCUT2D eigenvalue weighted by Crippen LogP contribution is -2.32. The van der Waals surface area contributed by atoms with Gasteiger partial charge in [0.1, 0.15) is 23.4 Å². The van der Waals surface area contributed by atoms with Crippen molar-refractivity contribution in [3.63, 3.8) is 0 Å². The van der Waals surface area contributed by atoms with E-state index in [-0.39, 0.29) is 17.2 Å². The number of benzene rings is 3. The third-order valence-electron chi connectivity index (χ3n) is 6.50. The second-order valence-corrected chi connectivity index (χ2v) is 11.9. The lowest BCUT2D eigenvalue weighted by molar-refractivity contribution is -0.122. The second kappa shape index (κ2) is 9.89. The van der Waals surface area contributed by atoms with Crippen LogP contribution in [-0.4, -0.2) is 22.0 Å².